The van der Waals surface area contributed by atoms with E-state index in [2.05, 4.69) is 4.98 Å². The molecule has 90 valence electrons. The summed E-state index contributed by atoms with van der Waals surface area (Å²) < 4.78 is 4.93. The average molecular weight is 253 g/mol. The molecule has 4 nitrogen and oxygen atoms in total. The molecule has 0 spiro atoms. The Morgan fingerprint density at radius 2 is 2.47 bits per heavy atom. The first-order valence-electron chi connectivity index (χ1n) is 5.44. The second kappa shape index (κ2) is 5.19. The summed E-state index contributed by atoms with van der Waals surface area (Å²) in [5, 5.41) is 0.470. The first kappa shape index (κ1) is 11.9. The monoisotopic (exact) mass is 252 g/mol. The zero-order chi connectivity index (χ0) is 12.3. The van der Waals surface area contributed by atoms with Gasteiger partial charge in [0.05, 0.1) is 6.61 Å². The standard InChI is InChI=1S/C12H13ClN2O2/c1-2-17-12(16)15-6-5-10(8-15)9-3-4-11(13)14-7-9/h3-7,10H,2,8H2,1H3. The van der Waals surface area contributed by atoms with Gasteiger partial charge in [0.1, 0.15) is 5.15 Å². The van der Waals surface area contributed by atoms with Crippen LogP contribution in [0.4, 0.5) is 4.79 Å². The maximum absolute atomic E-state index is 11.5. The lowest BCUT2D eigenvalue weighted by Gasteiger charge is -2.15. The number of hydrogen-bond acceptors (Lipinski definition) is 3. The molecule has 1 aromatic heterocycles. The number of carbonyl (C=O) groups is 1. The molecule has 0 saturated carbocycles. The van der Waals surface area contributed by atoms with Crippen LogP contribution in [0.15, 0.2) is 30.6 Å². The van der Waals surface area contributed by atoms with Crippen molar-refractivity contribution in [3.05, 3.63) is 41.3 Å². The van der Waals surface area contributed by atoms with E-state index in [0.717, 1.165) is 5.56 Å². The molecule has 1 atom stereocenters. The molecular formula is C12H13ClN2O2. The van der Waals surface area contributed by atoms with Gasteiger partial charge in [-0.05, 0) is 18.6 Å². The molecular weight excluding hydrogens is 240 g/mol. The smallest absolute Gasteiger partial charge is 0.413 e. The van der Waals surface area contributed by atoms with Crippen molar-refractivity contribution >= 4 is 17.7 Å². The summed E-state index contributed by atoms with van der Waals surface area (Å²) in [6, 6.07) is 3.66. The van der Waals surface area contributed by atoms with Gasteiger partial charge in [-0.25, -0.2) is 9.78 Å². The van der Waals surface area contributed by atoms with Crippen molar-refractivity contribution in [2.45, 2.75) is 12.8 Å². The van der Waals surface area contributed by atoms with Gasteiger partial charge in [-0.1, -0.05) is 23.7 Å². The molecule has 0 bridgehead atoms. The van der Waals surface area contributed by atoms with E-state index in [0.29, 0.717) is 18.3 Å². The van der Waals surface area contributed by atoms with Gasteiger partial charge in [-0.15, -0.1) is 0 Å². The lowest BCUT2D eigenvalue weighted by atomic mass is 10.0. The molecule has 5 heteroatoms. The first-order chi connectivity index (χ1) is 8.20. The maximum atomic E-state index is 11.5. The number of nitrogens with zero attached hydrogens (tertiary/aromatic N) is 2. The Bertz CT molecular complexity index is 431. The number of ether oxygens (including phenoxy) is 1. The third-order valence-corrected chi connectivity index (χ3v) is 2.80. The third-order valence-electron chi connectivity index (χ3n) is 2.57. The van der Waals surface area contributed by atoms with Gasteiger partial charge in [0.25, 0.3) is 0 Å². The molecule has 0 aromatic carbocycles. The fourth-order valence-corrected chi connectivity index (χ4v) is 1.82. The van der Waals surface area contributed by atoms with E-state index in [-0.39, 0.29) is 12.0 Å². The largest absolute Gasteiger partial charge is 0.449 e. The fourth-order valence-electron chi connectivity index (χ4n) is 1.71. The van der Waals surface area contributed by atoms with Crippen LogP contribution in [0.1, 0.15) is 18.4 Å². The Kier molecular flexibility index (Phi) is 3.64. The number of hydrogen-bond donors (Lipinski definition) is 0. The van der Waals surface area contributed by atoms with E-state index in [1.54, 1.807) is 30.3 Å². The highest BCUT2D eigenvalue weighted by Gasteiger charge is 2.23. The average Bonchev–Trinajstić information content (AvgIpc) is 2.80. The lowest BCUT2D eigenvalue weighted by molar-refractivity contribution is 0.124. The number of amides is 1. The molecule has 17 heavy (non-hydrogen) atoms. The molecule has 0 N–H and O–H groups in total. The summed E-state index contributed by atoms with van der Waals surface area (Å²) in [5.74, 6) is 0.157. The third kappa shape index (κ3) is 2.77. The van der Waals surface area contributed by atoms with Crippen LogP contribution in [0.2, 0.25) is 5.15 Å². The first-order valence-corrected chi connectivity index (χ1v) is 5.81. The second-order valence-electron chi connectivity index (χ2n) is 3.71. The van der Waals surface area contributed by atoms with Gasteiger partial charge < -0.3 is 4.74 Å². The summed E-state index contributed by atoms with van der Waals surface area (Å²) in [7, 11) is 0. The minimum absolute atomic E-state index is 0.157. The quantitative estimate of drug-likeness (QED) is 0.760. The SMILES string of the molecule is CCOC(=O)N1C=CC(c2ccc(Cl)nc2)C1. The topological polar surface area (TPSA) is 42.4 Å². The molecule has 0 fully saturated rings. The lowest BCUT2D eigenvalue weighted by Crippen LogP contribution is -2.26. The Morgan fingerprint density at radius 3 is 3.12 bits per heavy atom. The van der Waals surface area contributed by atoms with E-state index in [9.17, 15) is 4.79 Å². The minimum Gasteiger partial charge on any atom is -0.449 e. The fraction of sp³-hybridized carbons (Fsp3) is 0.333. The van der Waals surface area contributed by atoms with Gasteiger partial charge in [-0.3, -0.25) is 4.90 Å². The Balaban J connectivity index is 2.01. The highest BCUT2D eigenvalue weighted by molar-refractivity contribution is 6.29. The Hall–Kier alpha value is -1.55. The van der Waals surface area contributed by atoms with Crippen LogP contribution in [-0.4, -0.2) is 29.1 Å². The number of aromatic nitrogens is 1. The van der Waals surface area contributed by atoms with Crippen molar-refractivity contribution in [1.82, 2.24) is 9.88 Å². The zero-order valence-corrected chi connectivity index (χ0v) is 10.2. The molecule has 0 saturated heterocycles. The van der Waals surface area contributed by atoms with Crippen molar-refractivity contribution in [2.24, 2.45) is 0 Å². The van der Waals surface area contributed by atoms with Gasteiger partial charge in [0.15, 0.2) is 0 Å². The zero-order valence-electron chi connectivity index (χ0n) is 9.47. The molecule has 0 radical (unpaired) electrons. The van der Waals surface area contributed by atoms with E-state index in [1.165, 1.54) is 0 Å². The highest BCUT2D eigenvalue weighted by atomic mass is 35.5. The van der Waals surface area contributed by atoms with Gasteiger partial charge in [-0.2, -0.15) is 0 Å². The molecule has 1 unspecified atom stereocenters. The number of pyridine rings is 1. The highest BCUT2D eigenvalue weighted by Crippen LogP contribution is 2.24. The van der Waals surface area contributed by atoms with Crippen molar-refractivity contribution in [3.63, 3.8) is 0 Å². The molecule has 1 aliphatic rings. The number of carbonyl (C=O) groups excluding carboxylic acids is 1. The van der Waals surface area contributed by atoms with Crippen molar-refractivity contribution in [3.8, 4) is 0 Å². The van der Waals surface area contributed by atoms with Crippen LogP contribution in [-0.2, 0) is 4.74 Å². The van der Waals surface area contributed by atoms with Crippen LogP contribution in [0.25, 0.3) is 0 Å². The summed E-state index contributed by atoms with van der Waals surface area (Å²) in [5.41, 5.74) is 1.04. The van der Waals surface area contributed by atoms with Crippen molar-refractivity contribution in [2.75, 3.05) is 13.2 Å². The summed E-state index contributed by atoms with van der Waals surface area (Å²) >= 11 is 5.73. The molecule has 1 aromatic rings. The Labute approximate surface area is 105 Å². The van der Waals surface area contributed by atoms with Crippen LogP contribution < -0.4 is 0 Å². The molecule has 2 heterocycles. The second-order valence-corrected chi connectivity index (χ2v) is 4.10. The molecule has 1 amide bonds. The number of rotatable bonds is 2. The Morgan fingerprint density at radius 1 is 1.65 bits per heavy atom. The summed E-state index contributed by atoms with van der Waals surface area (Å²) in [6.45, 7) is 2.76. The van der Waals surface area contributed by atoms with Crippen molar-refractivity contribution < 1.29 is 9.53 Å². The summed E-state index contributed by atoms with van der Waals surface area (Å²) in [4.78, 5) is 17.1. The van der Waals surface area contributed by atoms with Crippen LogP contribution >= 0.6 is 11.6 Å². The van der Waals surface area contributed by atoms with Gasteiger partial charge >= 0.3 is 6.09 Å². The predicted octanol–water partition coefficient (Wildman–Crippen LogP) is 2.80. The molecule has 0 aliphatic carbocycles. The molecule has 2 rings (SSSR count). The van der Waals surface area contributed by atoms with E-state index in [1.807, 2.05) is 12.1 Å². The van der Waals surface area contributed by atoms with E-state index < -0.39 is 0 Å². The maximum Gasteiger partial charge on any atom is 0.413 e. The van der Waals surface area contributed by atoms with Crippen LogP contribution in [0, 0.1) is 0 Å². The van der Waals surface area contributed by atoms with Gasteiger partial charge in [0, 0.05) is 24.9 Å². The number of halogens is 1. The minimum atomic E-state index is -0.312. The van der Waals surface area contributed by atoms with Crippen LogP contribution in [0.5, 0.6) is 0 Å². The van der Waals surface area contributed by atoms with Gasteiger partial charge in [0.2, 0.25) is 0 Å². The van der Waals surface area contributed by atoms with Crippen LogP contribution in [0.3, 0.4) is 0 Å². The normalized spacial score (nSPS) is 18.5. The van der Waals surface area contributed by atoms with E-state index in [4.69, 9.17) is 16.3 Å². The summed E-state index contributed by atoms with van der Waals surface area (Å²) in [6.07, 6.45) is 5.12. The van der Waals surface area contributed by atoms with Crippen molar-refractivity contribution in [1.29, 1.82) is 0 Å². The predicted molar refractivity (Wildman–Crippen MR) is 64.9 cm³/mol. The molecule has 1 aliphatic heterocycles. The van der Waals surface area contributed by atoms with E-state index >= 15 is 0 Å².